The fourth-order valence-corrected chi connectivity index (χ4v) is 2.99. The molecule has 2 aromatic rings. The van der Waals surface area contributed by atoms with Crippen LogP contribution in [0, 0.1) is 0 Å². The number of hydrogen-bond acceptors (Lipinski definition) is 3. The number of piperazine rings is 1. The molecule has 3 nitrogen and oxygen atoms in total. The van der Waals surface area contributed by atoms with Crippen LogP contribution in [-0.2, 0) is 19.5 Å². The zero-order valence-corrected chi connectivity index (χ0v) is 13.4. The second-order valence-corrected chi connectivity index (χ2v) is 6.08. The summed E-state index contributed by atoms with van der Waals surface area (Å²) in [5.74, 6) is 0. The summed E-state index contributed by atoms with van der Waals surface area (Å²) < 4.78 is 0. The molecular weight excluding hydrogens is 270 g/mol. The van der Waals surface area contributed by atoms with Gasteiger partial charge in [0.25, 0.3) is 0 Å². The number of benzene rings is 1. The molecule has 0 spiro atoms. The summed E-state index contributed by atoms with van der Waals surface area (Å²) in [5.41, 5.74) is 4.21. The fraction of sp³-hybridized carbons (Fsp3) is 0.421. The molecule has 2 heterocycles. The molecule has 1 aromatic heterocycles. The molecule has 0 unspecified atom stereocenters. The van der Waals surface area contributed by atoms with Crippen molar-refractivity contribution in [1.82, 2.24) is 14.8 Å². The Hall–Kier alpha value is -1.71. The van der Waals surface area contributed by atoms with E-state index in [-0.39, 0.29) is 0 Å². The number of aromatic nitrogens is 1. The standard InChI is InChI=1S/C19H25N3/c1-2-17-3-5-18(6-4-17)15-21-11-13-22(14-12-21)16-19-7-9-20-10-8-19/h3-10H,2,11-16H2,1H3. The number of rotatable bonds is 5. The van der Waals surface area contributed by atoms with E-state index in [0.717, 1.165) is 45.7 Å². The van der Waals surface area contributed by atoms with Crippen LogP contribution in [0.3, 0.4) is 0 Å². The first kappa shape index (κ1) is 15.2. The van der Waals surface area contributed by atoms with E-state index >= 15 is 0 Å². The Balaban J connectivity index is 1.47. The van der Waals surface area contributed by atoms with Crippen LogP contribution in [0.1, 0.15) is 23.6 Å². The third-order valence-corrected chi connectivity index (χ3v) is 4.46. The molecule has 1 aromatic carbocycles. The second kappa shape index (κ2) is 7.52. The van der Waals surface area contributed by atoms with E-state index in [9.17, 15) is 0 Å². The van der Waals surface area contributed by atoms with Crippen LogP contribution < -0.4 is 0 Å². The highest BCUT2D eigenvalue weighted by atomic mass is 15.3. The summed E-state index contributed by atoms with van der Waals surface area (Å²) in [6.07, 6.45) is 4.88. The van der Waals surface area contributed by atoms with Gasteiger partial charge >= 0.3 is 0 Å². The molecule has 0 saturated carbocycles. The fourth-order valence-electron chi connectivity index (χ4n) is 2.99. The van der Waals surface area contributed by atoms with Crippen molar-refractivity contribution in [3.8, 4) is 0 Å². The average molecular weight is 295 g/mol. The summed E-state index contributed by atoms with van der Waals surface area (Å²) in [6, 6.07) is 13.3. The van der Waals surface area contributed by atoms with Crippen molar-refractivity contribution in [2.45, 2.75) is 26.4 Å². The molecule has 1 fully saturated rings. The van der Waals surface area contributed by atoms with Crippen LogP contribution in [0.2, 0.25) is 0 Å². The minimum atomic E-state index is 1.04. The van der Waals surface area contributed by atoms with E-state index in [1.165, 1.54) is 16.7 Å². The molecule has 3 heteroatoms. The highest BCUT2D eigenvalue weighted by Crippen LogP contribution is 2.12. The minimum Gasteiger partial charge on any atom is -0.297 e. The van der Waals surface area contributed by atoms with Crippen LogP contribution >= 0.6 is 0 Å². The molecule has 0 atom stereocenters. The second-order valence-electron chi connectivity index (χ2n) is 6.08. The molecule has 0 amide bonds. The lowest BCUT2D eigenvalue weighted by molar-refractivity contribution is 0.122. The summed E-state index contributed by atoms with van der Waals surface area (Å²) in [7, 11) is 0. The van der Waals surface area contributed by atoms with E-state index in [1.807, 2.05) is 12.4 Å². The Morgan fingerprint density at radius 1 is 0.727 bits per heavy atom. The van der Waals surface area contributed by atoms with Crippen molar-refractivity contribution in [2.24, 2.45) is 0 Å². The zero-order valence-electron chi connectivity index (χ0n) is 13.4. The monoisotopic (exact) mass is 295 g/mol. The predicted molar refractivity (Wildman–Crippen MR) is 90.6 cm³/mol. The number of pyridine rings is 1. The molecule has 0 bridgehead atoms. The highest BCUT2D eigenvalue weighted by molar-refractivity contribution is 5.22. The van der Waals surface area contributed by atoms with E-state index in [2.05, 4.69) is 58.1 Å². The van der Waals surface area contributed by atoms with Crippen LogP contribution in [-0.4, -0.2) is 41.0 Å². The first-order valence-electron chi connectivity index (χ1n) is 8.25. The largest absolute Gasteiger partial charge is 0.297 e. The van der Waals surface area contributed by atoms with Crippen LogP contribution in [0.25, 0.3) is 0 Å². The van der Waals surface area contributed by atoms with Crippen molar-refractivity contribution in [3.05, 3.63) is 65.5 Å². The lowest BCUT2D eigenvalue weighted by Crippen LogP contribution is -2.45. The topological polar surface area (TPSA) is 19.4 Å². The molecule has 1 saturated heterocycles. The first-order chi connectivity index (χ1) is 10.8. The summed E-state index contributed by atoms with van der Waals surface area (Å²) >= 11 is 0. The number of hydrogen-bond donors (Lipinski definition) is 0. The van der Waals surface area contributed by atoms with E-state index in [0.29, 0.717) is 0 Å². The lowest BCUT2D eigenvalue weighted by Gasteiger charge is -2.34. The summed E-state index contributed by atoms with van der Waals surface area (Å²) in [4.78, 5) is 9.18. The Kier molecular flexibility index (Phi) is 5.20. The molecule has 116 valence electrons. The van der Waals surface area contributed by atoms with Gasteiger partial charge < -0.3 is 0 Å². The molecule has 0 N–H and O–H groups in total. The van der Waals surface area contributed by atoms with Gasteiger partial charge in [0.1, 0.15) is 0 Å². The van der Waals surface area contributed by atoms with E-state index in [4.69, 9.17) is 0 Å². The zero-order chi connectivity index (χ0) is 15.2. The van der Waals surface area contributed by atoms with Crippen molar-refractivity contribution in [1.29, 1.82) is 0 Å². The van der Waals surface area contributed by atoms with Crippen molar-refractivity contribution in [3.63, 3.8) is 0 Å². The maximum absolute atomic E-state index is 4.08. The quantitative estimate of drug-likeness (QED) is 0.845. The van der Waals surface area contributed by atoms with Gasteiger partial charge in [-0.25, -0.2) is 0 Å². The normalized spacial score (nSPS) is 16.8. The minimum absolute atomic E-state index is 1.04. The third-order valence-electron chi connectivity index (χ3n) is 4.46. The van der Waals surface area contributed by atoms with Crippen LogP contribution in [0.15, 0.2) is 48.8 Å². The molecular formula is C19H25N3. The average Bonchev–Trinajstić information content (AvgIpc) is 2.58. The third kappa shape index (κ3) is 4.15. The maximum atomic E-state index is 4.08. The summed E-state index contributed by atoms with van der Waals surface area (Å²) in [6.45, 7) is 8.93. The Bertz CT molecular complexity index is 557. The van der Waals surface area contributed by atoms with Gasteiger partial charge in [0.2, 0.25) is 0 Å². The molecule has 3 rings (SSSR count). The van der Waals surface area contributed by atoms with E-state index in [1.54, 1.807) is 0 Å². The van der Waals surface area contributed by atoms with Crippen molar-refractivity contribution >= 4 is 0 Å². The van der Waals surface area contributed by atoms with Crippen LogP contribution in [0.4, 0.5) is 0 Å². The van der Waals surface area contributed by atoms with Gasteiger partial charge in [-0.2, -0.15) is 0 Å². The van der Waals surface area contributed by atoms with Gasteiger partial charge in [-0.05, 0) is 35.2 Å². The highest BCUT2D eigenvalue weighted by Gasteiger charge is 2.16. The number of aryl methyl sites for hydroxylation is 1. The molecule has 0 aliphatic carbocycles. The first-order valence-corrected chi connectivity index (χ1v) is 8.25. The lowest BCUT2D eigenvalue weighted by atomic mass is 10.1. The van der Waals surface area contributed by atoms with Crippen LogP contribution in [0.5, 0.6) is 0 Å². The predicted octanol–water partition coefficient (Wildman–Crippen LogP) is 2.96. The van der Waals surface area contributed by atoms with Gasteiger partial charge in [-0.3, -0.25) is 14.8 Å². The maximum Gasteiger partial charge on any atom is 0.0271 e. The Morgan fingerprint density at radius 3 is 1.68 bits per heavy atom. The molecule has 22 heavy (non-hydrogen) atoms. The Morgan fingerprint density at radius 2 is 1.18 bits per heavy atom. The van der Waals surface area contributed by atoms with Gasteiger partial charge in [0.15, 0.2) is 0 Å². The molecule has 1 aliphatic heterocycles. The van der Waals surface area contributed by atoms with Gasteiger partial charge in [-0.15, -0.1) is 0 Å². The van der Waals surface area contributed by atoms with E-state index < -0.39 is 0 Å². The Labute approximate surface area is 133 Å². The van der Waals surface area contributed by atoms with Gasteiger partial charge in [0.05, 0.1) is 0 Å². The number of nitrogens with zero attached hydrogens (tertiary/aromatic N) is 3. The molecule has 0 radical (unpaired) electrons. The summed E-state index contributed by atoms with van der Waals surface area (Å²) in [5, 5.41) is 0. The van der Waals surface area contributed by atoms with Crippen molar-refractivity contribution < 1.29 is 0 Å². The van der Waals surface area contributed by atoms with Crippen molar-refractivity contribution in [2.75, 3.05) is 26.2 Å². The SMILES string of the molecule is CCc1ccc(CN2CCN(Cc3ccncc3)CC2)cc1. The van der Waals surface area contributed by atoms with Gasteiger partial charge in [-0.1, -0.05) is 31.2 Å². The van der Waals surface area contributed by atoms with Gasteiger partial charge in [0, 0.05) is 51.7 Å². The smallest absolute Gasteiger partial charge is 0.0271 e. The molecule has 1 aliphatic rings.